The zero-order valence-corrected chi connectivity index (χ0v) is 12.3. The Bertz CT molecular complexity index is 552. The van der Waals surface area contributed by atoms with Crippen molar-refractivity contribution in [2.75, 3.05) is 20.2 Å². The monoisotopic (exact) mass is 276 g/mol. The van der Waals surface area contributed by atoms with Gasteiger partial charge in [-0.2, -0.15) is 0 Å². The predicted octanol–water partition coefficient (Wildman–Crippen LogP) is 1.35. The third-order valence-corrected chi connectivity index (χ3v) is 3.75. The third kappa shape index (κ3) is 2.35. The number of benzene rings is 1. The lowest BCUT2D eigenvalue weighted by atomic mass is 9.97. The van der Waals surface area contributed by atoms with Crippen LogP contribution < -0.4 is 10.1 Å². The van der Waals surface area contributed by atoms with Crippen molar-refractivity contribution in [2.45, 2.75) is 26.3 Å². The van der Waals surface area contributed by atoms with Gasteiger partial charge in [0, 0.05) is 18.7 Å². The number of nitrogens with one attached hydrogen (secondary N) is 1. The second-order valence-electron chi connectivity index (χ2n) is 5.46. The van der Waals surface area contributed by atoms with Crippen molar-refractivity contribution in [1.29, 1.82) is 0 Å². The molecule has 0 radical (unpaired) electrons. The van der Waals surface area contributed by atoms with Crippen molar-refractivity contribution in [2.24, 2.45) is 0 Å². The molecule has 1 saturated heterocycles. The molecule has 1 aromatic carbocycles. The fourth-order valence-corrected chi connectivity index (χ4v) is 2.36. The Morgan fingerprint density at radius 3 is 2.75 bits per heavy atom. The minimum atomic E-state index is -0.840. The Morgan fingerprint density at radius 2 is 2.10 bits per heavy atom. The topological polar surface area (TPSA) is 58.6 Å². The maximum absolute atomic E-state index is 12.6. The number of ether oxygens (including phenoxy) is 1. The van der Waals surface area contributed by atoms with Gasteiger partial charge >= 0.3 is 0 Å². The Labute approximate surface area is 118 Å². The molecule has 0 saturated carbocycles. The van der Waals surface area contributed by atoms with E-state index in [9.17, 15) is 9.59 Å². The smallest absolute Gasteiger partial charge is 0.254 e. The Morgan fingerprint density at radius 1 is 1.40 bits per heavy atom. The molecule has 0 unspecified atom stereocenters. The third-order valence-electron chi connectivity index (χ3n) is 3.75. The molecule has 1 aromatic rings. The van der Waals surface area contributed by atoms with Crippen LogP contribution in [-0.4, -0.2) is 42.5 Å². The van der Waals surface area contributed by atoms with E-state index in [0.29, 0.717) is 24.4 Å². The van der Waals surface area contributed by atoms with E-state index < -0.39 is 5.54 Å². The molecule has 5 nitrogen and oxygen atoms in total. The maximum Gasteiger partial charge on any atom is 0.254 e. The minimum absolute atomic E-state index is 0.129. The van der Waals surface area contributed by atoms with Gasteiger partial charge in [0.2, 0.25) is 5.91 Å². The summed E-state index contributed by atoms with van der Waals surface area (Å²) in [4.78, 5) is 26.1. The summed E-state index contributed by atoms with van der Waals surface area (Å²) in [5.41, 5.74) is 0.669. The number of carbonyl (C=O) groups excluding carboxylic acids is 2. The van der Waals surface area contributed by atoms with Gasteiger partial charge in [-0.15, -0.1) is 0 Å². The highest BCUT2D eigenvalue weighted by Gasteiger charge is 2.40. The second kappa shape index (κ2) is 5.15. The molecule has 0 aliphatic carbocycles. The summed E-state index contributed by atoms with van der Waals surface area (Å²) in [7, 11) is 1.58. The minimum Gasteiger partial charge on any atom is -0.496 e. The Hall–Kier alpha value is -2.04. The number of hydrogen-bond donors (Lipinski definition) is 1. The van der Waals surface area contributed by atoms with E-state index >= 15 is 0 Å². The van der Waals surface area contributed by atoms with Gasteiger partial charge in [0.1, 0.15) is 11.3 Å². The molecule has 2 amide bonds. The first kappa shape index (κ1) is 14.4. The Balaban J connectivity index is 2.33. The fourth-order valence-electron chi connectivity index (χ4n) is 2.36. The molecule has 0 bridgehead atoms. The van der Waals surface area contributed by atoms with E-state index in [1.165, 1.54) is 0 Å². The van der Waals surface area contributed by atoms with Crippen LogP contribution in [-0.2, 0) is 4.79 Å². The summed E-state index contributed by atoms with van der Waals surface area (Å²) in [6.45, 7) is 6.42. The molecular weight excluding hydrogens is 256 g/mol. The molecule has 108 valence electrons. The van der Waals surface area contributed by atoms with Gasteiger partial charge in [0.15, 0.2) is 0 Å². The van der Waals surface area contributed by atoms with E-state index in [2.05, 4.69) is 5.32 Å². The first-order valence-electron chi connectivity index (χ1n) is 6.63. The zero-order valence-electron chi connectivity index (χ0n) is 12.3. The summed E-state index contributed by atoms with van der Waals surface area (Å²) in [5, 5.41) is 2.78. The van der Waals surface area contributed by atoms with Gasteiger partial charge < -0.3 is 15.0 Å². The van der Waals surface area contributed by atoms with Gasteiger partial charge in [-0.3, -0.25) is 9.59 Å². The molecule has 20 heavy (non-hydrogen) atoms. The van der Waals surface area contributed by atoms with Crippen molar-refractivity contribution < 1.29 is 14.3 Å². The number of hydrogen-bond acceptors (Lipinski definition) is 3. The second-order valence-corrected chi connectivity index (χ2v) is 5.46. The van der Waals surface area contributed by atoms with E-state index in [4.69, 9.17) is 4.74 Å². The molecule has 0 aromatic heterocycles. The molecule has 2 rings (SSSR count). The highest BCUT2D eigenvalue weighted by Crippen LogP contribution is 2.24. The largest absolute Gasteiger partial charge is 0.496 e. The van der Waals surface area contributed by atoms with Crippen molar-refractivity contribution in [3.63, 3.8) is 0 Å². The lowest BCUT2D eigenvalue weighted by molar-refractivity contribution is -0.133. The first-order valence-corrected chi connectivity index (χ1v) is 6.63. The van der Waals surface area contributed by atoms with E-state index in [1.807, 2.05) is 13.0 Å². The van der Waals surface area contributed by atoms with Crippen molar-refractivity contribution in [3.05, 3.63) is 29.3 Å². The summed E-state index contributed by atoms with van der Waals surface area (Å²) in [6.07, 6.45) is 0. The molecule has 0 spiro atoms. The number of nitrogens with zero attached hydrogens (tertiary/aromatic N) is 1. The van der Waals surface area contributed by atoms with Crippen LogP contribution in [0.3, 0.4) is 0 Å². The van der Waals surface area contributed by atoms with Crippen LogP contribution in [0.2, 0.25) is 0 Å². The normalized spacial score (nSPS) is 17.6. The highest BCUT2D eigenvalue weighted by molar-refractivity contribution is 6.00. The molecule has 1 heterocycles. The summed E-state index contributed by atoms with van der Waals surface area (Å²) < 4.78 is 5.25. The van der Waals surface area contributed by atoms with Gasteiger partial charge in [-0.05, 0) is 38.5 Å². The number of piperazine rings is 1. The van der Waals surface area contributed by atoms with E-state index in [-0.39, 0.29) is 11.8 Å². The van der Waals surface area contributed by atoms with E-state index in [1.54, 1.807) is 38.0 Å². The summed E-state index contributed by atoms with van der Waals surface area (Å²) in [6, 6.07) is 5.34. The van der Waals surface area contributed by atoms with E-state index in [0.717, 1.165) is 5.56 Å². The molecule has 0 atom stereocenters. The number of methoxy groups -OCH3 is 1. The molecular formula is C15H20N2O3. The van der Waals surface area contributed by atoms with Crippen LogP contribution in [0, 0.1) is 6.92 Å². The lowest BCUT2D eigenvalue weighted by Gasteiger charge is -2.41. The van der Waals surface area contributed by atoms with Gasteiger partial charge in [0.25, 0.3) is 5.91 Å². The number of aryl methyl sites for hydroxylation is 1. The van der Waals surface area contributed by atoms with Gasteiger partial charge in [-0.25, -0.2) is 0 Å². The molecule has 1 N–H and O–H groups in total. The van der Waals surface area contributed by atoms with Crippen LogP contribution >= 0.6 is 0 Å². The summed E-state index contributed by atoms with van der Waals surface area (Å²) in [5.74, 6) is 0.398. The molecule has 1 aliphatic heterocycles. The SMILES string of the molecule is COc1cc(C(=O)N2CCNC(=O)C2(C)C)ccc1C. The van der Waals surface area contributed by atoms with Crippen LogP contribution in [0.4, 0.5) is 0 Å². The molecule has 1 fully saturated rings. The molecule has 1 aliphatic rings. The van der Waals surface area contributed by atoms with Crippen LogP contribution in [0.25, 0.3) is 0 Å². The van der Waals surface area contributed by atoms with Crippen molar-refractivity contribution >= 4 is 11.8 Å². The highest BCUT2D eigenvalue weighted by atomic mass is 16.5. The number of carbonyl (C=O) groups is 2. The predicted molar refractivity (Wildman–Crippen MR) is 75.9 cm³/mol. The quantitative estimate of drug-likeness (QED) is 0.887. The lowest BCUT2D eigenvalue weighted by Crippen LogP contribution is -2.63. The average molecular weight is 276 g/mol. The van der Waals surface area contributed by atoms with Crippen molar-refractivity contribution in [1.82, 2.24) is 10.2 Å². The van der Waals surface area contributed by atoms with Gasteiger partial charge in [0.05, 0.1) is 7.11 Å². The standard InChI is InChI=1S/C15H20N2O3/c1-10-5-6-11(9-12(10)20-4)13(18)17-8-7-16-14(19)15(17,2)3/h5-6,9H,7-8H2,1-4H3,(H,16,19). The molecule has 5 heteroatoms. The zero-order chi connectivity index (χ0) is 14.9. The number of amides is 2. The summed E-state index contributed by atoms with van der Waals surface area (Å²) >= 11 is 0. The van der Waals surface area contributed by atoms with Crippen LogP contribution in [0.5, 0.6) is 5.75 Å². The van der Waals surface area contributed by atoms with Gasteiger partial charge in [-0.1, -0.05) is 6.07 Å². The Kier molecular flexibility index (Phi) is 3.70. The first-order chi connectivity index (χ1) is 9.37. The van der Waals surface area contributed by atoms with Crippen molar-refractivity contribution in [3.8, 4) is 5.75 Å². The van der Waals surface area contributed by atoms with Crippen LogP contribution in [0.15, 0.2) is 18.2 Å². The average Bonchev–Trinajstić information content (AvgIpc) is 2.41. The van der Waals surface area contributed by atoms with Crippen LogP contribution in [0.1, 0.15) is 29.8 Å². The number of rotatable bonds is 2. The fraction of sp³-hybridized carbons (Fsp3) is 0.467. The maximum atomic E-state index is 12.6.